The Morgan fingerprint density at radius 3 is 2.60 bits per heavy atom. The molecule has 0 aromatic carbocycles. The van der Waals surface area contributed by atoms with Crippen molar-refractivity contribution >= 4 is 27.4 Å². The Hall–Kier alpha value is -2.98. The molecule has 2 aliphatic rings. The van der Waals surface area contributed by atoms with Gasteiger partial charge >= 0.3 is 0 Å². The molecule has 3 atom stereocenters. The molecule has 4 aromatic heterocycles. The highest BCUT2D eigenvalue weighted by Crippen LogP contribution is 2.34. The van der Waals surface area contributed by atoms with E-state index < -0.39 is 0 Å². The maximum Gasteiger partial charge on any atom is 0.151 e. The van der Waals surface area contributed by atoms with Crippen LogP contribution in [0.4, 0.5) is 5.82 Å². The molecule has 9 nitrogen and oxygen atoms in total. The fraction of sp³-hybridized carbons (Fsp3) is 0.400. The Labute approximate surface area is 177 Å². The van der Waals surface area contributed by atoms with Gasteiger partial charge in [0.2, 0.25) is 0 Å². The Morgan fingerprint density at radius 1 is 1.03 bits per heavy atom. The molecule has 2 saturated heterocycles. The molecule has 152 valence electrons. The summed E-state index contributed by atoms with van der Waals surface area (Å²) in [7, 11) is 2.13. The third-order valence-corrected chi connectivity index (χ3v) is 7.11. The van der Waals surface area contributed by atoms with Gasteiger partial charge in [0.1, 0.15) is 22.6 Å². The molecule has 0 amide bonds. The molecule has 2 aliphatic heterocycles. The molecule has 2 bridgehead atoms. The van der Waals surface area contributed by atoms with E-state index in [0.29, 0.717) is 35.2 Å². The predicted molar refractivity (Wildman–Crippen MR) is 115 cm³/mol. The minimum Gasteiger partial charge on any atom is -0.355 e. The van der Waals surface area contributed by atoms with Crippen LogP contribution in [-0.4, -0.2) is 60.7 Å². The first-order valence-electron chi connectivity index (χ1n) is 10.2. The van der Waals surface area contributed by atoms with Crippen molar-refractivity contribution in [2.75, 3.05) is 11.9 Å². The highest BCUT2D eigenvalue weighted by Gasteiger charge is 2.35. The molecule has 4 aromatic rings. The number of aromatic nitrogens is 7. The standard InChI is InChI=1S/C20H21N9S/c1-29(14-6-12-2-3-13(7-14)24-12)16-5-4-15(25-26-16)18-20-19(21-10-30-20)17(27-28-18)11-8-22-23-9-11/h4-5,8-10,12-14,24H,2-3,6-7H2,1H3,(H,22,23)/t12-,13+,14?. The van der Waals surface area contributed by atoms with E-state index in [-0.39, 0.29) is 0 Å². The van der Waals surface area contributed by atoms with Gasteiger partial charge in [-0.25, -0.2) is 4.98 Å². The van der Waals surface area contributed by atoms with Gasteiger partial charge in [0, 0.05) is 36.9 Å². The van der Waals surface area contributed by atoms with E-state index in [1.54, 1.807) is 12.4 Å². The maximum absolute atomic E-state index is 4.52. The topological polar surface area (TPSA) is 108 Å². The van der Waals surface area contributed by atoms with Crippen molar-refractivity contribution in [2.45, 2.75) is 43.8 Å². The van der Waals surface area contributed by atoms with Crippen LogP contribution in [0.1, 0.15) is 25.7 Å². The molecule has 0 aliphatic carbocycles. The van der Waals surface area contributed by atoms with Crippen molar-refractivity contribution in [1.82, 2.24) is 40.9 Å². The molecular weight excluding hydrogens is 398 g/mol. The number of anilines is 1. The number of piperidine rings is 1. The van der Waals surface area contributed by atoms with Gasteiger partial charge in [-0.05, 0) is 37.8 Å². The molecule has 6 heterocycles. The van der Waals surface area contributed by atoms with Crippen LogP contribution in [0.5, 0.6) is 0 Å². The van der Waals surface area contributed by atoms with Crippen molar-refractivity contribution in [3.8, 4) is 22.6 Å². The van der Waals surface area contributed by atoms with Gasteiger partial charge in [-0.2, -0.15) is 5.10 Å². The molecular formula is C20H21N9S. The minimum absolute atomic E-state index is 0.506. The van der Waals surface area contributed by atoms with Crippen molar-refractivity contribution in [2.24, 2.45) is 0 Å². The van der Waals surface area contributed by atoms with Gasteiger partial charge in [-0.15, -0.1) is 31.7 Å². The van der Waals surface area contributed by atoms with E-state index >= 15 is 0 Å². The number of thiazole rings is 1. The predicted octanol–water partition coefficient (Wildman–Crippen LogP) is 2.65. The Bertz CT molecular complexity index is 1160. The van der Waals surface area contributed by atoms with Crippen LogP contribution in [0.15, 0.2) is 30.0 Å². The van der Waals surface area contributed by atoms with Crippen LogP contribution >= 0.6 is 11.3 Å². The second-order valence-corrected chi connectivity index (χ2v) is 8.92. The van der Waals surface area contributed by atoms with Crippen molar-refractivity contribution in [1.29, 1.82) is 0 Å². The van der Waals surface area contributed by atoms with E-state index in [9.17, 15) is 0 Å². The fourth-order valence-electron chi connectivity index (χ4n) is 4.69. The summed E-state index contributed by atoms with van der Waals surface area (Å²) >= 11 is 1.53. The fourth-order valence-corrected chi connectivity index (χ4v) is 5.47. The first-order chi connectivity index (χ1) is 14.8. The van der Waals surface area contributed by atoms with Crippen LogP contribution in [0.2, 0.25) is 0 Å². The third-order valence-electron chi connectivity index (χ3n) is 6.28. The highest BCUT2D eigenvalue weighted by atomic mass is 32.1. The van der Waals surface area contributed by atoms with E-state index in [4.69, 9.17) is 0 Å². The van der Waals surface area contributed by atoms with Crippen LogP contribution in [0, 0.1) is 0 Å². The number of hydrogen-bond acceptors (Lipinski definition) is 9. The van der Waals surface area contributed by atoms with Crippen LogP contribution < -0.4 is 10.2 Å². The zero-order chi connectivity index (χ0) is 20.1. The summed E-state index contributed by atoms with van der Waals surface area (Å²) in [5.41, 5.74) is 5.61. The summed E-state index contributed by atoms with van der Waals surface area (Å²) in [6.07, 6.45) is 8.42. The van der Waals surface area contributed by atoms with Gasteiger partial charge in [0.25, 0.3) is 0 Å². The van der Waals surface area contributed by atoms with Crippen LogP contribution in [-0.2, 0) is 0 Å². The largest absolute Gasteiger partial charge is 0.355 e. The normalized spacial score (nSPS) is 23.2. The van der Waals surface area contributed by atoms with E-state index in [1.165, 1.54) is 37.0 Å². The molecule has 6 rings (SSSR count). The SMILES string of the molecule is CN(c1ccc(-c2nnc(-c3cn[nH]c3)c3ncsc23)nn1)C1C[C@H]2CC[C@@H](C1)N2. The summed E-state index contributed by atoms with van der Waals surface area (Å²) in [6.45, 7) is 0. The van der Waals surface area contributed by atoms with Crippen molar-refractivity contribution < 1.29 is 0 Å². The second kappa shape index (κ2) is 7.06. The van der Waals surface area contributed by atoms with Gasteiger partial charge in [-0.3, -0.25) is 5.10 Å². The van der Waals surface area contributed by atoms with Gasteiger partial charge < -0.3 is 10.2 Å². The smallest absolute Gasteiger partial charge is 0.151 e. The lowest BCUT2D eigenvalue weighted by molar-refractivity contribution is 0.353. The third kappa shape index (κ3) is 2.94. The Morgan fingerprint density at radius 2 is 1.87 bits per heavy atom. The molecule has 2 N–H and O–H groups in total. The molecule has 30 heavy (non-hydrogen) atoms. The monoisotopic (exact) mass is 419 g/mol. The maximum atomic E-state index is 4.52. The number of hydrogen-bond donors (Lipinski definition) is 2. The summed E-state index contributed by atoms with van der Waals surface area (Å²) in [5, 5.41) is 28.4. The van der Waals surface area contributed by atoms with Gasteiger partial charge in [-0.1, -0.05) is 0 Å². The first kappa shape index (κ1) is 17.8. The van der Waals surface area contributed by atoms with E-state index in [0.717, 1.165) is 21.6 Å². The van der Waals surface area contributed by atoms with E-state index in [2.05, 4.69) is 52.8 Å². The molecule has 2 fully saturated rings. The summed E-state index contributed by atoms with van der Waals surface area (Å²) in [6, 6.07) is 5.81. The summed E-state index contributed by atoms with van der Waals surface area (Å²) < 4.78 is 0.950. The molecule has 0 radical (unpaired) electrons. The van der Waals surface area contributed by atoms with Gasteiger partial charge in [0.05, 0.1) is 16.4 Å². The lowest BCUT2D eigenvalue weighted by Gasteiger charge is -2.36. The minimum atomic E-state index is 0.506. The van der Waals surface area contributed by atoms with Crippen LogP contribution in [0.25, 0.3) is 32.9 Å². The number of fused-ring (bicyclic) bond motifs is 3. The van der Waals surface area contributed by atoms with Gasteiger partial charge in [0.15, 0.2) is 5.82 Å². The number of aromatic amines is 1. The van der Waals surface area contributed by atoms with E-state index in [1.807, 2.05) is 17.6 Å². The number of H-pyrrole nitrogens is 1. The summed E-state index contributed by atoms with van der Waals surface area (Å²) in [4.78, 5) is 6.78. The molecule has 0 spiro atoms. The molecule has 10 heteroatoms. The lowest BCUT2D eigenvalue weighted by Crippen LogP contribution is -2.47. The number of nitrogens with one attached hydrogen (secondary N) is 2. The average molecular weight is 420 g/mol. The Balaban J connectivity index is 1.30. The zero-order valence-electron chi connectivity index (χ0n) is 16.5. The lowest BCUT2D eigenvalue weighted by atomic mass is 9.98. The van der Waals surface area contributed by atoms with Crippen molar-refractivity contribution in [3.63, 3.8) is 0 Å². The average Bonchev–Trinajstić information content (AvgIpc) is 3.54. The van der Waals surface area contributed by atoms with Crippen molar-refractivity contribution in [3.05, 3.63) is 30.0 Å². The zero-order valence-corrected chi connectivity index (χ0v) is 17.3. The Kier molecular flexibility index (Phi) is 4.20. The summed E-state index contributed by atoms with van der Waals surface area (Å²) in [5.74, 6) is 0.897. The number of nitrogens with zero attached hydrogens (tertiary/aromatic N) is 7. The highest BCUT2D eigenvalue weighted by molar-refractivity contribution is 7.17. The number of rotatable bonds is 4. The molecule has 1 unspecified atom stereocenters. The first-order valence-corrected chi connectivity index (χ1v) is 11.1. The van der Waals surface area contributed by atoms with Crippen LogP contribution in [0.3, 0.4) is 0 Å². The quantitative estimate of drug-likeness (QED) is 0.520. The second-order valence-electron chi connectivity index (χ2n) is 8.07. The molecule has 0 saturated carbocycles.